The molecule has 0 saturated heterocycles. The van der Waals surface area contributed by atoms with Gasteiger partial charge >= 0.3 is 0 Å². The van der Waals surface area contributed by atoms with E-state index >= 15 is 0 Å². The minimum absolute atomic E-state index is 0.541. The highest BCUT2D eigenvalue weighted by Gasteiger charge is 2.27. The van der Waals surface area contributed by atoms with E-state index in [1.807, 2.05) is 0 Å². The monoisotopic (exact) mass is 286 g/mol. The molecule has 1 aliphatic rings. The molecule has 0 nitrogen and oxygen atoms in total. The Hall–Kier alpha value is -2.08. The van der Waals surface area contributed by atoms with Crippen LogP contribution in [0.1, 0.15) is 50.7 Å². The molecule has 3 aromatic carbocycles. The molecule has 1 aliphatic carbocycles. The average Bonchev–Trinajstić information content (AvgIpc) is 2.84. The van der Waals surface area contributed by atoms with Crippen molar-refractivity contribution in [3.8, 4) is 22.3 Å². The van der Waals surface area contributed by atoms with Gasteiger partial charge in [0.15, 0.2) is 0 Å². The second-order valence-electron chi connectivity index (χ2n) is 7.01. The number of benzene rings is 3. The SMILES string of the molecule is CC(C)c1ccc(C(C)C)c2c1-c1cccc3cccc-2c13. The maximum Gasteiger partial charge on any atom is -0.00262 e. The maximum absolute atomic E-state index is 2.35. The summed E-state index contributed by atoms with van der Waals surface area (Å²) in [6.07, 6.45) is 0. The number of fused-ring (bicyclic) bond motifs is 3. The zero-order valence-electron chi connectivity index (χ0n) is 13.8. The van der Waals surface area contributed by atoms with Crippen molar-refractivity contribution in [1.29, 1.82) is 0 Å². The van der Waals surface area contributed by atoms with Crippen molar-refractivity contribution < 1.29 is 0 Å². The largest absolute Gasteiger partial charge is 0.0610 e. The van der Waals surface area contributed by atoms with Crippen molar-refractivity contribution in [3.63, 3.8) is 0 Å². The predicted molar refractivity (Wildman–Crippen MR) is 96.6 cm³/mol. The summed E-state index contributed by atoms with van der Waals surface area (Å²) in [4.78, 5) is 0. The fourth-order valence-electron chi connectivity index (χ4n) is 3.94. The first kappa shape index (κ1) is 13.6. The molecular weight excluding hydrogens is 264 g/mol. The standard InChI is InChI=1S/C22H22/c1-13(2)16-11-12-17(14(3)4)22-19-10-6-8-15-7-5-9-18(20(15)19)21(16)22/h5-14H,1-4H3. The van der Waals surface area contributed by atoms with Crippen LogP contribution in [-0.4, -0.2) is 0 Å². The van der Waals surface area contributed by atoms with Crippen LogP contribution in [0.15, 0.2) is 48.5 Å². The van der Waals surface area contributed by atoms with Crippen molar-refractivity contribution in [1.82, 2.24) is 0 Å². The van der Waals surface area contributed by atoms with Gasteiger partial charge in [0.1, 0.15) is 0 Å². The van der Waals surface area contributed by atoms with Gasteiger partial charge in [-0.1, -0.05) is 76.2 Å². The van der Waals surface area contributed by atoms with Gasteiger partial charge in [0, 0.05) is 0 Å². The maximum atomic E-state index is 2.35. The van der Waals surface area contributed by atoms with E-state index in [4.69, 9.17) is 0 Å². The smallest absolute Gasteiger partial charge is 0.00262 e. The van der Waals surface area contributed by atoms with Crippen LogP contribution in [0.4, 0.5) is 0 Å². The van der Waals surface area contributed by atoms with Gasteiger partial charge in [-0.15, -0.1) is 0 Å². The van der Waals surface area contributed by atoms with Gasteiger partial charge in [-0.2, -0.15) is 0 Å². The first-order valence-corrected chi connectivity index (χ1v) is 8.29. The molecule has 0 aliphatic heterocycles. The summed E-state index contributed by atoms with van der Waals surface area (Å²) in [5.74, 6) is 1.08. The Balaban J connectivity index is 2.21. The van der Waals surface area contributed by atoms with E-state index in [1.165, 1.54) is 44.2 Å². The lowest BCUT2D eigenvalue weighted by molar-refractivity contribution is 0.850. The van der Waals surface area contributed by atoms with Gasteiger partial charge in [0.2, 0.25) is 0 Å². The number of rotatable bonds is 2. The highest BCUT2D eigenvalue weighted by molar-refractivity contribution is 6.16. The van der Waals surface area contributed by atoms with E-state index in [2.05, 4.69) is 76.2 Å². The van der Waals surface area contributed by atoms with Gasteiger partial charge < -0.3 is 0 Å². The van der Waals surface area contributed by atoms with E-state index in [-0.39, 0.29) is 0 Å². The Kier molecular flexibility index (Phi) is 2.91. The van der Waals surface area contributed by atoms with Crippen LogP contribution in [0.2, 0.25) is 0 Å². The van der Waals surface area contributed by atoms with Crippen molar-refractivity contribution >= 4 is 10.8 Å². The topological polar surface area (TPSA) is 0 Å². The number of hydrogen-bond acceptors (Lipinski definition) is 0. The lowest BCUT2D eigenvalue weighted by Gasteiger charge is -2.18. The van der Waals surface area contributed by atoms with Crippen LogP contribution in [0.3, 0.4) is 0 Å². The van der Waals surface area contributed by atoms with Gasteiger partial charge in [0.25, 0.3) is 0 Å². The molecule has 0 fully saturated rings. The molecule has 0 atom stereocenters. The van der Waals surface area contributed by atoms with E-state index in [9.17, 15) is 0 Å². The highest BCUT2D eigenvalue weighted by Crippen LogP contribution is 2.52. The normalized spacial score (nSPS) is 12.5. The van der Waals surface area contributed by atoms with E-state index in [0.717, 1.165) is 0 Å². The second kappa shape index (κ2) is 4.71. The molecule has 3 aromatic rings. The highest BCUT2D eigenvalue weighted by atomic mass is 14.3. The molecule has 0 amide bonds. The van der Waals surface area contributed by atoms with Crippen molar-refractivity contribution in [3.05, 3.63) is 59.7 Å². The summed E-state index contributed by atoms with van der Waals surface area (Å²) in [7, 11) is 0. The minimum atomic E-state index is 0.541. The fourth-order valence-corrected chi connectivity index (χ4v) is 3.94. The molecule has 110 valence electrons. The summed E-state index contributed by atoms with van der Waals surface area (Å²) >= 11 is 0. The van der Waals surface area contributed by atoms with E-state index < -0.39 is 0 Å². The summed E-state index contributed by atoms with van der Waals surface area (Å²) < 4.78 is 0. The van der Waals surface area contributed by atoms with Gasteiger partial charge in [-0.25, -0.2) is 0 Å². The number of hydrogen-bond donors (Lipinski definition) is 0. The Morgan fingerprint density at radius 1 is 0.591 bits per heavy atom. The first-order valence-electron chi connectivity index (χ1n) is 8.29. The van der Waals surface area contributed by atoms with Crippen LogP contribution < -0.4 is 0 Å². The molecular formula is C22H22. The first-order chi connectivity index (χ1) is 10.6. The molecule has 0 spiro atoms. The minimum Gasteiger partial charge on any atom is -0.0610 e. The molecule has 22 heavy (non-hydrogen) atoms. The van der Waals surface area contributed by atoms with Gasteiger partial charge in [0.05, 0.1) is 0 Å². The lowest BCUT2D eigenvalue weighted by Crippen LogP contribution is -1.98. The molecule has 0 heterocycles. The summed E-state index contributed by atoms with van der Waals surface area (Å²) in [5, 5.41) is 2.80. The van der Waals surface area contributed by atoms with Crippen molar-refractivity contribution in [2.75, 3.05) is 0 Å². The quantitative estimate of drug-likeness (QED) is 0.383. The second-order valence-corrected chi connectivity index (χ2v) is 7.01. The third kappa shape index (κ3) is 1.70. The zero-order valence-corrected chi connectivity index (χ0v) is 13.8. The molecule has 0 heteroatoms. The fraction of sp³-hybridized carbons (Fsp3) is 0.273. The molecule has 0 aromatic heterocycles. The molecule has 0 bridgehead atoms. The summed E-state index contributed by atoms with van der Waals surface area (Å²) in [6, 6.07) is 18.2. The van der Waals surface area contributed by atoms with E-state index in [0.29, 0.717) is 11.8 Å². The van der Waals surface area contributed by atoms with Crippen LogP contribution in [0, 0.1) is 0 Å². The predicted octanol–water partition coefficient (Wildman–Crippen LogP) is 6.73. The lowest BCUT2D eigenvalue weighted by atomic mass is 9.85. The van der Waals surface area contributed by atoms with Gasteiger partial charge in [-0.3, -0.25) is 0 Å². The van der Waals surface area contributed by atoms with Crippen LogP contribution in [0.5, 0.6) is 0 Å². The van der Waals surface area contributed by atoms with Gasteiger partial charge in [-0.05, 0) is 56.0 Å². The summed E-state index contributed by atoms with van der Waals surface area (Å²) in [6.45, 7) is 9.20. The zero-order chi connectivity index (χ0) is 15.4. The molecule has 0 N–H and O–H groups in total. The Morgan fingerprint density at radius 3 is 1.45 bits per heavy atom. The van der Waals surface area contributed by atoms with Crippen molar-refractivity contribution in [2.24, 2.45) is 0 Å². The average molecular weight is 286 g/mol. The van der Waals surface area contributed by atoms with Crippen molar-refractivity contribution in [2.45, 2.75) is 39.5 Å². The molecule has 0 saturated carbocycles. The van der Waals surface area contributed by atoms with E-state index in [1.54, 1.807) is 0 Å². The third-order valence-corrected chi connectivity index (χ3v) is 4.96. The summed E-state index contributed by atoms with van der Waals surface area (Å²) in [5.41, 5.74) is 8.76. The van der Waals surface area contributed by atoms with Crippen LogP contribution in [0.25, 0.3) is 33.0 Å². The Labute approximate surface area is 132 Å². The third-order valence-electron chi connectivity index (χ3n) is 4.96. The Bertz CT molecular complexity index is 812. The van der Waals surface area contributed by atoms with Crippen LogP contribution in [-0.2, 0) is 0 Å². The molecule has 0 unspecified atom stereocenters. The molecule has 4 rings (SSSR count). The van der Waals surface area contributed by atoms with Crippen LogP contribution >= 0.6 is 0 Å². The molecule has 0 radical (unpaired) electrons. The Morgan fingerprint density at radius 2 is 1.05 bits per heavy atom.